The second-order valence-electron chi connectivity index (χ2n) is 8.57. The minimum atomic E-state index is -0.478. The van der Waals surface area contributed by atoms with Gasteiger partial charge in [-0.2, -0.15) is 0 Å². The predicted octanol–water partition coefficient (Wildman–Crippen LogP) is 8.14. The number of hydrogen-bond donors (Lipinski definition) is 3. The summed E-state index contributed by atoms with van der Waals surface area (Å²) in [5.41, 5.74) is 4.65. The van der Waals surface area contributed by atoms with E-state index in [2.05, 4.69) is 20.9 Å². The lowest BCUT2D eigenvalue weighted by molar-refractivity contribution is 0.102. The molecule has 9 heteroatoms. The lowest BCUT2D eigenvalue weighted by Crippen LogP contribution is -2.21. The number of nitrogens with one attached hydrogen (secondary N) is 3. The molecule has 0 saturated carbocycles. The fraction of sp³-hybridized carbons (Fsp3) is 0.103. The Morgan fingerprint density at radius 2 is 1.76 bits per heavy atom. The van der Waals surface area contributed by atoms with Gasteiger partial charge < -0.3 is 20.9 Å². The Kier molecular flexibility index (Phi) is 7.53. The smallest absolute Gasteiger partial charge is 0.323 e. The molecule has 0 unspecified atom stereocenters. The standard InChI is InChI=1S/C29H24ClFN4O2S/c1-2-38-27-16-26-23(15-24(27)34-29(37)32-21-12-10-20(31)11-13-21)33-28(36)22-8-3-4-9-25(22)35(26)17-18-6-5-7-19(30)14-18/h3-16H,2,17H2,1H3,(H,33,36)(H2,32,34,37). The van der Waals surface area contributed by atoms with Crippen molar-refractivity contribution >= 4 is 63.7 Å². The Bertz CT molecular complexity index is 1510. The lowest BCUT2D eigenvalue weighted by atomic mass is 10.1. The molecule has 3 amide bonds. The molecule has 0 atom stereocenters. The number of rotatable bonds is 6. The first-order chi connectivity index (χ1) is 18.4. The molecular formula is C29H24ClFN4O2S. The molecule has 0 saturated heterocycles. The summed E-state index contributed by atoms with van der Waals surface area (Å²) in [6.45, 7) is 2.51. The summed E-state index contributed by atoms with van der Waals surface area (Å²) in [6, 6.07) is 23.9. The third kappa shape index (κ3) is 5.61. The number of carbonyl (C=O) groups is 2. The highest BCUT2D eigenvalue weighted by molar-refractivity contribution is 7.99. The van der Waals surface area contributed by atoms with Crippen LogP contribution in [0.3, 0.4) is 0 Å². The summed E-state index contributed by atoms with van der Waals surface area (Å²) < 4.78 is 13.2. The van der Waals surface area contributed by atoms with Crippen LogP contribution in [-0.2, 0) is 6.54 Å². The molecule has 0 radical (unpaired) electrons. The molecule has 38 heavy (non-hydrogen) atoms. The van der Waals surface area contributed by atoms with E-state index in [1.807, 2.05) is 55.5 Å². The molecule has 0 spiro atoms. The number of fused-ring (bicyclic) bond motifs is 2. The van der Waals surface area contributed by atoms with Gasteiger partial charge in [0, 0.05) is 22.2 Å². The van der Waals surface area contributed by atoms with E-state index in [0.29, 0.717) is 34.2 Å². The van der Waals surface area contributed by atoms with E-state index in [-0.39, 0.29) is 11.7 Å². The fourth-order valence-electron chi connectivity index (χ4n) is 4.29. The van der Waals surface area contributed by atoms with E-state index in [0.717, 1.165) is 27.6 Å². The van der Waals surface area contributed by atoms with Gasteiger partial charge in [-0.15, -0.1) is 11.8 Å². The highest BCUT2D eigenvalue weighted by atomic mass is 35.5. The Hall–Kier alpha value is -4.01. The molecule has 6 nitrogen and oxygen atoms in total. The van der Waals surface area contributed by atoms with Crippen molar-refractivity contribution in [2.24, 2.45) is 0 Å². The van der Waals surface area contributed by atoms with Gasteiger partial charge in [0.05, 0.1) is 28.3 Å². The first kappa shape index (κ1) is 25.6. The van der Waals surface area contributed by atoms with Crippen molar-refractivity contribution in [3.63, 3.8) is 0 Å². The van der Waals surface area contributed by atoms with Crippen molar-refractivity contribution in [2.45, 2.75) is 18.4 Å². The molecular weight excluding hydrogens is 523 g/mol. The highest BCUT2D eigenvalue weighted by Crippen LogP contribution is 2.44. The number of carbonyl (C=O) groups excluding carboxylic acids is 2. The Labute approximate surface area is 229 Å². The van der Waals surface area contributed by atoms with Gasteiger partial charge in [-0.3, -0.25) is 4.79 Å². The summed E-state index contributed by atoms with van der Waals surface area (Å²) in [5, 5.41) is 9.25. The molecule has 1 aliphatic rings. The minimum absolute atomic E-state index is 0.243. The Morgan fingerprint density at radius 1 is 0.974 bits per heavy atom. The summed E-state index contributed by atoms with van der Waals surface area (Å²) in [7, 11) is 0. The SMILES string of the molecule is CCSc1cc2c(cc1NC(=O)Nc1ccc(F)cc1)NC(=O)c1ccccc1N2Cc1cccc(Cl)c1. The normalized spacial score (nSPS) is 12.2. The zero-order valence-electron chi connectivity index (χ0n) is 20.4. The lowest BCUT2D eigenvalue weighted by Gasteiger charge is -2.27. The number of nitrogens with zero attached hydrogens (tertiary/aromatic N) is 1. The van der Waals surface area contributed by atoms with Gasteiger partial charge in [-0.25, -0.2) is 9.18 Å². The Morgan fingerprint density at radius 3 is 2.53 bits per heavy atom. The van der Waals surface area contributed by atoms with Crippen LogP contribution in [0.25, 0.3) is 0 Å². The summed E-state index contributed by atoms with van der Waals surface area (Å²) in [5.74, 6) is 0.139. The second-order valence-corrected chi connectivity index (χ2v) is 10.3. The van der Waals surface area contributed by atoms with Crippen LogP contribution in [0.5, 0.6) is 0 Å². The maximum atomic E-state index is 13.2. The topological polar surface area (TPSA) is 73.5 Å². The van der Waals surface area contributed by atoms with E-state index in [4.69, 9.17) is 11.6 Å². The molecule has 1 heterocycles. The maximum Gasteiger partial charge on any atom is 0.323 e. The number of thioether (sulfide) groups is 1. The largest absolute Gasteiger partial charge is 0.335 e. The molecule has 3 N–H and O–H groups in total. The quantitative estimate of drug-likeness (QED) is 0.213. The molecule has 4 aromatic rings. The fourth-order valence-corrected chi connectivity index (χ4v) is 5.28. The molecule has 0 fully saturated rings. The summed E-state index contributed by atoms with van der Waals surface area (Å²) in [4.78, 5) is 29.0. The average molecular weight is 547 g/mol. The van der Waals surface area contributed by atoms with E-state index in [1.165, 1.54) is 24.3 Å². The monoisotopic (exact) mass is 546 g/mol. The van der Waals surface area contributed by atoms with Gasteiger partial charge in [0.1, 0.15) is 5.82 Å². The third-order valence-electron chi connectivity index (χ3n) is 5.96. The first-order valence-electron chi connectivity index (χ1n) is 12.0. The van der Waals surface area contributed by atoms with Gasteiger partial charge in [0.2, 0.25) is 0 Å². The van der Waals surface area contributed by atoms with E-state index in [9.17, 15) is 14.0 Å². The van der Waals surface area contributed by atoms with Gasteiger partial charge in [-0.1, -0.05) is 42.8 Å². The molecule has 0 bridgehead atoms. The third-order valence-corrected chi connectivity index (χ3v) is 7.13. The Balaban J connectivity index is 1.55. The van der Waals surface area contributed by atoms with E-state index < -0.39 is 6.03 Å². The number of amides is 3. The first-order valence-corrected chi connectivity index (χ1v) is 13.3. The van der Waals surface area contributed by atoms with Crippen LogP contribution in [0.2, 0.25) is 5.02 Å². The van der Waals surface area contributed by atoms with Crippen molar-refractivity contribution in [2.75, 3.05) is 26.6 Å². The van der Waals surface area contributed by atoms with Crippen LogP contribution < -0.4 is 20.9 Å². The van der Waals surface area contributed by atoms with Crippen molar-refractivity contribution in [1.82, 2.24) is 0 Å². The molecule has 0 aromatic heterocycles. The maximum absolute atomic E-state index is 13.2. The van der Waals surface area contributed by atoms with Crippen molar-refractivity contribution in [3.05, 3.63) is 107 Å². The number of hydrogen-bond acceptors (Lipinski definition) is 4. The van der Waals surface area contributed by atoms with Crippen molar-refractivity contribution in [1.29, 1.82) is 0 Å². The predicted molar refractivity (Wildman–Crippen MR) is 154 cm³/mol. The van der Waals surface area contributed by atoms with Gasteiger partial charge in [0.25, 0.3) is 5.91 Å². The van der Waals surface area contributed by atoms with Gasteiger partial charge in [0.15, 0.2) is 0 Å². The second kappa shape index (κ2) is 11.2. The van der Waals surface area contributed by atoms with Crippen molar-refractivity contribution < 1.29 is 14.0 Å². The number of anilines is 5. The number of benzene rings is 4. The van der Waals surface area contributed by atoms with Gasteiger partial charge >= 0.3 is 6.03 Å². The summed E-state index contributed by atoms with van der Waals surface area (Å²) in [6.07, 6.45) is 0. The minimum Gasteiger partial charge on any atom is -0.335 e. The number of halogens is 2. The van der Waals surface area contributed by atoms with Crippen LogP contribution in [0.4, 0.5) is 37.6 Å². The van der Waals surface area contributed by atoms with E-state index in [1.54, 1.807) is 23.9 Å². The van der Waals surface area contributed by atoms with E-state index >= 15 is 0 Å². The average Bonchev–Trinajstić information content (AvgIpc) is 3.00. The summed E-state index contributed by atoms with van der Waals surface area (Å²) >= 11 is 7.84. The zero-order valence-corrected chi connectivity index (χ0v) is 22.0. The van der Waals surface area contributed by atoms with Gasteiger partial charge in [-0.05, 0) is 72.0 Å². The van der Waals surface area contributed by atoms with Crippen LogP contribution in [-0.4, -0.2) is 17.7 Å². The molecule has 5 rings (SSSR count). The molecule has 1 aliphatic heterocycles. The number of urea groups is 1. The van der Waals surface area contributed by atoms with Crippen LogP contribution in [0, 0.1) is 5.82 Å². The van der Waals surface area contributed by atoms with Crippen LogP contribution >= 0.6 is 23.4 Å². The molecule has 4 aromatic carbocycles. The number of para-hydroxylation sites is 1. The van der Waals surface area contributed by atoms with Crippen LogP contribution in [0.1, 0.15) is 22.8 Å². The van der Waals surface area contributed by atoms with Crippen molar-refractivity contribution in [3.8, 4) is 0 Å². The molecule has 192 valence electrons. The van der Waals surface area contributed by atoms with Crippen LogP contribution in [0.15, 0.2) is 89.8 Å². The zero-order chi connectivity index (χ0) is 26.6. The highest BCUT2D eigenvalue weighted by Gasteiger charge is 2.27. The molecule has 0 aliphatic carbocycles.